The first kappa shape index (κ1) is 24.5. The zero-order valence-corrected chi connectivity index (χ0v) is 18.3. The molecule has 0 aliphatic rings. The minimum absolute atomic E-state index is 0.00477. The van der Waals surface area contributed by atoms with Crippen LogP contribution in [0.4, 0.5) is 26.3 Å². The normalized spacial score (nSPS) is 12.2. The molecule has 4 rings (SSSR count). The van der Waals surface area contributed by atoms with Gasteiger partial charge in [0, 0.05) is 15.1 Å². The number of aromatic amines is 2. The molecule has 32 heavy (non-hydrogen) atoms. The van der Waals surface area contributed by atoms with E-state index in [4.69, 9.17) is 23.2 Å². The van der Waals surface area contributed by atoms with Gasteiger partial charge in [0.25, 0.3) is 5.56 Å². The molecule has 172 valence electrons. The maximum Gasteiger partial charge on any atom is 0.393 e. The molecule has 0 unspecified atom stereocenters. The number of nitrogens with zero attached hydrogens (tertiary/aromatic N) is 2. The van der Waals surface area contributed by atoms with Gasteiger partial charge < -0.3 is 0 Å². The van der Waals surface area contributed by atoms with Gasteiger partial charge in [-0.15, -0.1) is 22.7 Å². The summed E-state index contributed by atoms with van der Waals surface area (Å²) in [6.45, 7) is 0. The summed E-state index contributed by atoms with van der Waals surface area (Å²) in [5, 5.41) is 0.469. The van der Waals surface area contributed by atoms with E-state index in [2.05, 4.69) is 15.0 Å². The molecule has 2 N–H and O–H groups in total. The van der Waals surface area contributed by atoms with Gasteiger partial charge in [-0.05, 0) is 23.7 Å². The van der Waals surface area contributed by atoms with Gasteiger partial charge >= 0.3 is 18.0 Å². The van der Waals surface area contributed by atoms with E-state index in [1.165, 1.54) is 6.07 Å². The van der Waals surface area contributed by atoms with Crippen molar-refractivity contribution >= 4 is 66.3 Å². The van der Waals surface area contributed by atoms with Crippen LogP contribution in [0.2, 0.25) is 10.4 Å². The number of alkyl halides is 6. The molecule has 0 atom stereocenters. The lowest BCUT2D eigenvalue weighted by Gasteiger charge is -2.01. The molecule has 4 heterocycles. The van der Waals surface area contributed by atoms with Gasteiger partial charge in [0.05, 0.1) is 18.2 Å². The third kappa shape index (κ3) is 6.43. The number of halogens is 8. The van der Waals surface area contributed by atoms with E-state index < -0.39 is 36.4 Å². The van der Waals surface area contributed by atoms with Crippen molar-refractivity contribution in [1.82, 2.24) is 19.9 Å². The highest BCUT2D eigenvalue weighted by Crippen LogP contribution is 2.33. The van der Waals surface area contributed by atoms with Crippen LogP contribution in [0.3, 0.4) is 0 Å². The molecule has 0 radical (unpaired) electrons. The smallest absolute Gasteiger partial charge is 0.298 e. The first-order valence-corrected chi connectivity index (χ1v) is 10.6. The molecule has 0 spiro atoms. The number of nitrogens with one attached hydrogen (secondary N) is 2. The van der Waals surface area contributed by atoms with Crippen molar-refractivity contribution in [3.8, 4) is 0 Å². The molecule has 0 aliphatic carbocycles. The monoisotopic (exact) mass is 536 g/mol. The Kier molecular flexibility index (Phi) is 6.88. The lowest BCUT2D eigenvalue weighted by atomic mass is 10.3. The van der Waals surface area contributed by atoms with Crippen LogP contribution < -0.4 is 11.2 Å². The van der Waals surface area contributed by atoms with Crippen molar-refractivity contribution in [3.05, 3.63) is 53.2 Å². The Balaban J connectivity index is 0.000000181. The number of rotatable bonds is 2. The molecule has 0 amide bonds. The van der Waals surface area contributed by atoms with Crippen molar-refractivity contribution < 1.29 is 26.3 Å². The van der Waals surface area contributed by atoms with Crippen molar-refractivity contribution in [3.63, 3.8) is 0 Å². The quantitative estimate of drug-likeness (QED) is 0.201. The first-order valence-electron chi connectivity index (χ1n) is 8.20. The second-order valence-corrected chi connectivity index (χ2v) is 9.11. The highest BCUT2D eigenvalue weighted by atomic mass is 35.5. The number of H-pyrrole nitrogens is 2. The van der Waals surface area contributed by atoms with Crippen LogP contribution in [0.5, 0.6) is 0 Å². The molecule has 6 nitrogen and oxygen atoms in total. The Hall–Kier alpha value is -2.16. The third-order valence-corrected chi connectivity index (χ3v) is 6.14. The van der Waals surface area contributed by atoms with E-state index >= 15 is 0 Å². The van der Waals surface area contributed by atoms with E-state index in [0.29, 0.717) is 10.2 Å². The lowest BCUT2D eigenvalue weighted by molar-refractivity contribution is -0.127. The van der Waals surface area contributed by atoms with Crippen molar-refractivity contribution in [2.24, 2.45) is 0 Å². The second-order valence-electron chi connectivity index (χ2n) is 6.16. The fourth-order valence-corrected chi connectivity index (χ4v) is 5.17. The average molecular weight is 537 g/mol. The van der Waals surface area contributed by atoms with Gasteiger partial charge in [0.1, 0.15) is 14.8 Å². The van der Waals surface area contributed by atoms with Crippen molar-refractivity contribution in [2.75, 3.05) is 0 Å². The summed E-state index contributed by atoms with van der Waals surface area (Å²) in [4.78, 5) is 34.5. The first-order chi connectivity index (χ1) is 14.7. The van der Waals surface area contributed by atoms with Crippen LogP contribution in [0.25, 0.3) is 20.4 Å². The van der Waals surface area contributed by atoms with Crippen LogP contribution in [-0.2, 0) is 12.8 Å². The molecule has 0 aliphatic heterocycles. The molecule has 0 bridgehead atoms. The molecule has 4 aromatic rings. The Morgan fingerprint density at radius 2 is 1.41 bits per heavy atom. The van der Waals surface area contributed by atoms with Crippen molar-refractivity contribution in [1.29, 1.82) is 0 Å². The number of hydrogen-bond acceptors (Lipinski definition) is 6. The maximum absolute atomic E-state index is 12.2. The van der Waals surface area contributed by atoms with Crippen LogP contribution in [0.15, 0.2) is 21.7 Å². The van der Waals surface area contributed by atoms with Crippen molar-refractivity contribution in [2.45, 2.75) is 25.2 Å². The third-order valence-electron chi connectivity index (χ3n) is 3.60. The maximum atomic E-state index is 12.2. The standard InChI is InChI=1S/C8H3Cl2F3N2S.C8H5F3N2O2S/c9-5-4-1-3(2-8(11,12)13)16-6(4)15-7(10)14-5;9-8(10,11)2-3-1-4-5(14)12-7(15)13-6(4)16-3/h1H,2H2;1H,2H2,(H2,12,13,14,15). The van der Waals surface area contributed by atoms with Crippen LogP contribution >= 0.6 is 45.9 Å². The van der Waals surface area contributed by atoms with E-state index in [-0.39, 0.29) is 30.4 Å². The minimum Gasteiger partial charge on any atom is -0.298 e. The zero-order valence-electron chi connectivity index (χ0n) is 15.1. The summed E-state index contributed by atoms with van der Waals surface area (Å²) in [6.07, 6.45) is -10.7. The highest BCUT2D eigenvalue weighted by Gasteiger charge is 2.29. The van der Waals surface area contributed by atoms with Gasteiger partial charge in [-0.3, -0.25) is 14.8 Å². The molecular formula is C16H8Cl2F6N4O2S2. The van der Waals surface area contributed by atoms with Crippen LogP contribution in [0.1, 0.15) is 9.75 Å². The Morgan fingerprint density at radius 3 is 2.00 bits per heavy atom. The molecule has 0 aromatic carbocycles. The van der Waals surface area contributed by atoms with Gasteiger partial charge in [-0.25, -0.2) is 14.8 Å². The molecule has 0 fully saturated rings. The van der Waals surface area contributed by atoms with Crippen LogP contribution in [0, 0.1) is 0 Å². The fourth-order valence-electron chi connectivity index (χ4n) is 2.49. The zero-order chi connectivity index (χ0) is 23.8. The lowest BCUT2D eigenvalue weighted by Crippen LogP contribution is -2.20. The number of hydrogen-bond donors (Lipinski definition) is 2. The Bertz CT molecular complexity index is 1390. The summed E-state index contributed by atoms with van der Waals surface area (Å²) < 4.78 is 72.8. The SMILES string of the molecule is FC(F)(F)Cc1cc2c(Cl)nc(Cl)nc2s1.O=c1[nH]c(=O)c2cc(CC(F)(F)F)sc2[nH]1. The predicted molar refractivity (Wildman–Crippen MR) is 110 cm³/mol. The molecule has 4 aromatic heterocycles. The van der Waals surface area contributed by atoms with E-state index in [9.17, 15) is 35.9 Å². The highest BCUT2D eigenvalue weighted by molar-refractivity contribution is 7.19. The second kappa shape index (κ2) is 9.00. The largest absolute Gasteiger partial charge is 0.393 e. The molecule has 16 heteroatoms. The van der Waals surface area contributed by atoms with Gasteiger partial charge in [0.2, 0.25) is 5.28 Å². The molecule has 0 saturated heterocycles. The molecular weight excluding hydrogens is 529 g/mol. The summed E-state index contributed by atoms with van der Waals surface area (Å²) in [5.41, 5.74) is -1.40. The van der Waals surface area contributed by atoms with Gasteiger partial charge in [0.15, 0.2) is 0 Å². The van der Waals surface area contributed by atoms with E-state index in [1.54, 1.807) is 0 Å². The molecule has 0 saturated carbocycles. The average Bonchev–Trinajstić information content (AvgIpc) is 3.15. The topological polar surface area (TPSA) is 91.5 Å². The Labute approximate surface area is 190 Å². The summed E-state index contributed by atoms with van der Waals surface area (Å²) in [5.74, 6) is 0. The summed E-state index contributed by atoms with van der Waals surface area (Å²) in [7, 11) is 0. The van der Waals surface area contributed by atoms with E-state index in [1.807, 2.05) is 4.98 Å². The van der Waals surface area contributed by atoms with Gasteiger partial charge in [-0.1, -0.05) is 11.6 Å². The number of aromatic nitrogens is 4. The summed E-state index contributed by atoms with van der Waals surface area (Å²) >= 11 is 13.0. The van der Waals surface area contributed by atoms with Gasteiger partial charge in [-0.2, -0.15) is 26.3 Å². The number of thiophene rings is 2. The number of fused-ring (bicyclic) bond motifs is 2. The fraction of sp³-hybridized carbons (Fsp3) is 0.250. The predicted octanol–water partition coefficient (Wildman–Crippen LogP) is 5.49. The minimum atomic E-state index is -4.33. The van der Waals surface area contributed by atoms with Crippen LogP contribution in [-0.4, -0.2) is 32.3 Å². The van der Waals surface area contributed by atoms with E-state index in [0.717, 1.165) is 28.7 Å². The Morgan fingerprint density at radius 1 is 0.844 bits per heavy atom. The summed E-state index contributed by atoms with van der Waals surface area (Å²) in [6, 6.07) is 2.48.